The van der Waals surface area contributed by atoms with Gasteiger partial charge in [0, 0.05) is 13.1 Å². The molecule has 1 amide bonds. The topological polar surface area (TPSA) is 86.9 Å². The van der Waals surface area contributed by atoms with Crippen LogP contribution in [0.25, 0.3) is 5.65 Å². The predicted octanol–water partition coefficient (Wildman–Crippen LogP) is -1.03. The molecule has 7 heteroatoms. The molecule has 16 heavy (non-hydrogen) atoms. The number of anilines is 1. The molecule has 0 bridgehead atoms. The van der Waals surface area contributed by atoms with Crippen molar-refractivity contribution >= 4 is 30.0 Å². The maximum absolute atomic E-state index is 10.8. The average Bonchev–Trinajstić information content (AvgIpc) is 2.56. The van der Waals surface area contributed by atoms with E-state index in [1.54, 1.807) is 22.7 Å². The fourth-order valence-electron chi connectivity index (χ4n) is 1.40. The van der Waals surface area contributed by atoms with Crippen LogP contribution < -0.4 is 10.8 Å². The summed E-state index contributed by atoms with van der Waals surface area (Å²) in [5.74, 6) is 0.225. The van der Waals surface area contributed by atoms with Gasteiger partial charge in [0.15, 0.2) is 5.82 Å². The molecule has 82 valence electrons. The molecule has 6 nitrogen and oxygen atoms in total. The van der Waals surface area contributed by atoms with E-state index in [1.807, 2.05) is 0 Å². The smallest absolute Gasteiger partial charge is 0.423 e. The highest BCUT2D eigenvalue weighted by Crippen LogP contribution is 2.08. The Labute approximate surface area is 91.7 Å². The van der Waals surface area contributed by atoms with Crippen LogP contribution in [0.15, 0.2) is 24.5 Å². The van der Waals surface area contributed by atoms with Crippen molar-refractivity contribution in [3.05, 3.63) is 24.5 Å². The van der Waals surface area contributed by atoms with Gasteiger partial charge in [0.1, 0.15) is 5.65 Å². The summed E-state index contributed by atoms with van der Waals surface area (Å²) < 4.78 is 1.61. The summed E-state index contributed by atoms with van der Waals surface area (Å²) in [4.78, 5) is 14.9. The zero-order chi connectivity index (χ0) is 11.7. The van der Waals surface area contributed by atoms with Gasteiger partial charge in [0.25, 0.3) is 0 Å². The molecule has 3 N–H and O–H groups in total. The first kappa shape index (κ1) is 10.7. The van der Waals surface area contributed by atoms with Gasteiger partial charge >= 0.3 is 7.12 Å². The Morgan fingerprint density at radius 3 is 2.81 bits per heavy atom. The fourth-order valence-corrected chi connectivity index (χ4v) is 1.40. The van der Waals surface area contributed by atoms with Crippen molar-refractivity contribution in [2.24, 2.45) is 0 Å². The number of carbonyl (C=O) groups excluding carboxylic acids is 1. The number of hydrogen-bond donors (Lipinski definition) is 3. The summed E-state index contributed by atoms with van der Waals surface area (Å²) in [6.07, 6.45) is 3.14. The van der Waals surface area contributed by atoms with Crippen molar-refractivity contribution in [3.63, 3.8) is 0 Å². The molecule has 0 saturated carbocycles. The Morgan fingerprint density at radius 1 is 1.44 bits per heavy atom. The Hall–Kier alpha value is -1.86. The highest BCUT2D eigenvalue weighted by Gasteiger charge is 2.12. The quantitative estimate of drug-likeness (QED) is 0.563. The first-order valence-electron chi connectivity index (χ1n) is 4.68. The molecular weight excluding hydrogens is 209 g/mol. The van der Waals surface area contributed by atoms with Crippen molar-refractivity contribution in [2.45, 2.75) is 6.92 Å². The van der Waals surface area contributed by atoms with Crippen LogP contribution in [0.5, 0.6) is 0 Å². The predicted molar refractivity (Wildman–Crippen MR) is 59.3 cm³/mol. The van der Waals surface area contributed by atoms with Crippen LogP contribution in [0.2, 0.25) is 0 Å². The van der Waals surface area contributed by atoms with E-state index in [9.17, 15) is 4.79 Å². The second-order valence-electron chi connectivity index (χ2n) is 3.41. The van der Waals surface area contributed by atoms with Gasteiger partial charge in [-0.05, 0) is 11.5 Å². The summed E-state index contributed by atoms with van der Waals surface area (Å²) in [7, 11) is -1.52. The molecule has 0 aliphatic carbocycles. The third-order valence-electron chi connectivity index (χ3n) is 2.08. The fraction of sp³-hybridized carbons (Fsp3) is 0.111. The first-order valence-corrected chi connectivity index (χ1v) is 4.68. The molecule has 0 saturated heterocycles. The van der Waals surface area contributed by atoms with E-state index in [0.29, 0.717) is 16.9 Å². The maximum Gasteiger partial charge on any atom is 0.489 e. The highest BCUT2D eigenvalue weighted by atomic mass is 16.4. The minimum atomic E-state index is -1.52. The number of pyridine rings is 1. The van der Waals surface area contributed by atoms with Gasteiger partial charge in [0.2, 0.25) is 5.91 Å². The van der Waals surface area contributed by atoms with Crippen LogP contribution in [-0.4, -0.2) is 32.5 Å². The lowest BCUT2D eigenvalue weighted by molar-refractivity contribution is -0.114. The number of fused-ring (bicyclic) bond motifs is 1. The number of amides is 1. The van der Waals surface area contributed by atoms with Gasteiger partial charge in [0.05, 0.1) is 6.20 Å². The molecule has 0 aliphatic rings. The molecule has 0 radical (unpaired) electrons. The van der Waals surface area contributed by atoms with Gasteiger partial charge in [-0.3, -0.25) is 4.79 Å². The number of aromatic nitrogens is 2. The van der Waals surface area contributed by atoms with E-state index in [0.717, 1.165) is 0 Å². The highest BCUT2D eigenvalue weighted by molar-refractivity contribution is 6.58. The minimum Gasteiger partial charge on any atom is -0.423 e. The van der Waals surface area contributed by atoms with E-state index in [4.69, 9.17) is 10.0 Å². The van der Waals surface area contributed by atoms with E-state index >= 15 is 0 Å². The minimum absolute atomic E-state index is 0.203. The second kappa shape index (κ2) is 3.95. The molecule has 0 fully saturated rings. The van der Waals surface area contributed by atoms with Crippen molar-refractivity contribution in [2.75, 3.05) is 5.32 Å². The average molecular weight is 219 g/mol. The van der Waals surface area contributed by atoms with Gasteiger partial charge in [-0.1, -0.05) is 6.07 Å². The van der Waals surface area contributed by atoms with Gasteiger partial charge in [-0.15, -0.1) is 0 Å². The molecule has 0 spiro atoms. The molecule has 0 atom stereocenters. The molecule has 0 aromatic carbocycles. The zero-order valence-corrected chi connectivity index (χ0v) is 8.58. The monoisotopic (exact) mass is 219 g/mol. The standard InChI is InChI=1S/C9H10BN3O3/c1-6(14)11-8-5-13-4-7(10(15)16)2-3-9(13)12-8/h2-5,15-16H,1H3,(H,11,14). The summed E-state index contributed by atoms with van der Waals surface area (Å²) in [5, 5.41) is 20.5. The number of imidazole rings is 1. The number of nitrogens with one attached hydrogen (secondary N) is 1. The van der Waals surface area contributed by atoms with Crippen LogP contribution in [0, 0.1) is 0 Å². The Kier molecular flexibility index (Phi) is 2.63. The van der Waals surface area contributed by atoms with Crippen molar-refractivity contribution in [1.29, 1.82) is 0 Å². The van der Waals surface area contributed by atoms with E-state index in [2.05, 4.69) is 10.3 Å². The Balaban J connectivity index is 2.41. The number of hydrogen-bond acceptors (Lipinski definition) is 4. The number of nitrogens with zero attached hydrogens (tertiary/aromatic N) is 2. The zero-order valence-electron chi connectivity index (χ0n) is 8.58. The SMILES string of the molecule is CC(=O)Nc1cn2cc(B(O)O)ccc2n1. The van der Waals surface area contributed by atoms with E-state index in [1.165, 1.54) is 13.1 Å². The summed E-state index contributed by atoms with van der Waals surface area (Å²) >= 11 is 0. The normalized spacial score (nSPS) is 10.4. The maximum atomic E-state index is 10.8. The molecule has 0 aliphatic heterocycles. The second-order valence-corrected chi connectivity index (χ2v) is 3.41. The summed E-state index contributed by atoms with van der Waals surface area (Å²) in [6, 6.07) is 3.20. The summed E-state index contributed by atoms with van der Waals surface area (Å²) in [5.41, 5.74) is 0.979. The molecule has 2 aromatic rings. The van der Waals surface area contributed by atoms with E-state index in [-0.39, 0.29) is 5.91 Å². The van der Waals surface area contributed by atoms with E-state index < -0.39 is 7.12 Å². The number of carbonyl (C=O) groups is 1. The van der Waals surface area contributed by atoms with Crippen LogP contribution in [0.1, 0.15) is 6.92 Å². The third-order valence-corrected chi connectivity index (χ3v) is 2.08. The van der Waals surface area contributed by atoms with Crippen LogP contribution in [0.4, 0.5) is 5.82 Å². The Bertz CT molecular complexity index is 538. The lowest BCUT2D eigenvalue weighted by Gasteiger charge is -1.99. The van der Waals surface area contributed by atoms with Crippen molar-refractivity contribution < 1.29 is 14.8 Å². The van der Waals surface area contributed by atoms with Crippen LogP contribution >= 0.6 is 0 Å². The molecule has 2 rings (SSSR count). The largest absolute Gasteiger partial charge is 0.489 e. The lowest BCUT2D eigenvalue weighted by atomic mass is 9.82. The van der Waals surface area contributed by atoms with Crippen LogP contribution in [-0.2, 0) is 4.79 Å². The van der Waals surface area contributed by atoms with Crippen LogP contribution in [0.3, 0.4) is 0 Å². The molecule has 0 unspecified atom stereocenters. The molecule has 2 heterocycles. The summed E-state index contributed by atoms with van der Waals surface area (Å²) in [6.45, 7) is 1.40. The Morgan fingerprint density at radius 2 is 2.19 bits per heavy atom. The molecular formula is C9H10BN3O3. The van der Waals surface area contributed by atoms with Gasteiger partial charge in [-0.25, -0.2) is 4.98 Å². The third kappa shape index (κ3) is 2.05. The van der Waals surface area contributed by atoms with Gasteiger partial charge < -0.3 is 19.8 Å². The van der Waals surface area contributed by atoms with Crippen molar-refractivity contribution in [1.82, 2.24) is 9.38 Å². The molecule has 2 aromatic heterocycles. The lowest BCUT2D eigenvalue weighted by Crippen LogP contribution is -2.30. The van der Waals surface area contributed by atoms with Gasteiger partial charge in [-0.2, -0.15) is 0 Å². The van der Waals surface area contributed by atoms with Crippen molar-refractivity contribution in [3.8, 4) is 0 Å². The number of rotatable bonds is 2. The first-order chi connectivity index (χ1) is 7.56.